The molecule has 1 aromatic heterocycles. The van der Waals surface area contributed by atoms with E-state index in [1.165, 1.54) is 5.56 Å². The zero-order chi connectivity index (χ0) is 14.4. The van der Waals surface area contributed by atoms with E-state index in [0.717, 1.165) is 25.2 Å². The molecule has 0 aliphatic carbocycles. The normalized spacial score (nSPS) is 14.2. The van der Waals surface area contributed by atoms with Crippen molar-refractivity contribution in [2.75, 3.05) is 7.05 Å². The summed E-state index contributed by atoms with van der Waals surface area (Å²) < 4.78 is 1.97. The summed E-state index contributed by atoms with van der Waals surface area (Å²) in [6.45, 7) is 5.21. The van der Waals surface area contributed by atoms with Crippen LogP contribution in [0.1, 0.15) is 37.6 Å². The summed E-state index contributed by atoms with van der Waals surface area (Å²) in [6, 6.07) is 11.1. The van der Waals surface area contributed by atoms with Crippen molar-refractivity contribution >= 4 is 0 Å². The first-order chi connectivity index (χ1) is 9.80. The van der Waals surface area contributed by atoms with Gasteiger partial charge in [-0.3, -0.25) is 4.68 Å². The minimum absolute atomic E-state index is 0.372. The monoisotopic (exact) mass is 272 g/mol. The van der Waals surface area contributed by atoms with Crippen LogP contribution in [0.15, 0.2) is 36.7 Å². The molecule has 2 unspecified atom stereocenters. The Bertz CT molecular complexity index is 506. The van der Waals surface area contributed by atoms with Gasteiger partial charge < -0.3 is 5.32 Å². The van der Waals surface area contributed by atoms with E-state index in [0.29, 0.717) is 12.0 Å². The second-order valence-corrected chi connectivity index (χ2v) is 5.02. The number of nitrogens with one attached hydrogen (secondary N) is 1. The van der Waals surface area contributed by atoms with E-state index in [1.54, 1.807) is 6.33 Å². The van der Waals surface area contributed by atoms with E-state index in [-0.39, 0.29) is 0 Å². The van der Waals surface area contributed by atoms with E-state index in [4.69, 9.17) is 0 Å². The molecule has 0 aliphatic rings. The fourth-order valence-electron chi connectivity index (χ4n) is 2.81. The first-order valence-electron chi connectivity index (χ1n) is 7.39. The maximum atomic E-state index is 4.40. The van der Waals surface area contributed by atoms with E-state index in [1.807, 2.05) is 11.7 Å². The van der Waals surface area contributed by atoms with Gasteiger partial charge in [-0.25, -0.2) is 4.98 Å². The van der Waals surface area contributed by atoms with Crippen LogP contribution in [0.3, 0.4) is 0 Å². The molecule has 2 aromatic rings. The number of aryl methyl sites for hydroxylation is 1. The van der Waals surface area contributed by atoms with Crippen LogP contribution in [0.25, 0.3) is 0 Å². The fourth-order valence-corrected chi connectivity index (χ4v) is 2.81. The standard InChI is InChI=1S/C16H24N4/c1-4-14(13-9-7-6-8-10-13)15(17-3)11-16-18-12-19-20(16)5-2/h6-10,12,14-15,17H,4-5,11H2,1-3H3. The number of rotatable bonds is 7. The maximum absolute atomic E-state index is 4.40. The highest BCUT2D eigenvalue weighted by atomic mass is 15.3. The SMILES string of the molecule is CCC(c1ccccc1)C(Cc1ncnn1CC)NC. The zero-order valence-electron chi connectivity index (χ0n) is 12.6. The quantitative estimate of drug-likeness (QED) is 0.842. The highest BCUT2D eigenvalue weighted by Crippen LogP contribution is 2.25. The molecular weight excluding hydrogens is 248 g/mol. The smallest absolute Gasteiger partial charge is 0.138 e. The van der Waals surface area contributed by atoms with Crippen molar-refractivity contribution in [3.63, 3.8) is 0 Å². The molecule has 1 N–H and O–H groups in total. The molecule has 1 aromatic carbocycles. The minimum Gasteiger partial charge on any atom is -0.316 e. The third-order valence-corrected chi connectivity index (χ3v) is 3.92. The predicted octanol–water partition coefficient (Wildman–Crippen LogP) is 2.62. The lowest BCUT2D eigenvalue weighted by molar-refractivity contribution is 0.430. The Labute approximate surface area is 121 Å². The molecule has 4 heteroatoms. The van der Waals surface area contributed by atoms with Crippen LogP contribution in [-0.4, -0.2) is 27.9 Å². The van der Waals surface area contributed by atoms with Crippen molar-refractivity contribution in [2.24, 2.45) is 0 Å². The van der Waals surface area contributed by atoms with Gasteiger partial charge in [-0.15, -0.1) is 0 Å². The lowest BCUT2D eigenvalue weighted by Crippen LogP contribution is -2.35. The van der Waals surface area contributed by atoms with Gasteiger partial charge in [0, 0.05) is 19.0 Å². The average molecular weight is 272 g/mol. The molecular formula is C16H24N4. The molecule has 2 atom stereocenters. The van der Waals surface area contributed by atoms with Crippen LogP contribution in [0.5, 0.6) is 0 Å². The minimum atomic E-state index is 0.372. The first-order valence-corrected chi connectivity index (χ1v) is 7.39. The van der Waals surface area contributed by atoms with Gasteiger partial charge in [-0.2, -0.15) is 5.10 Å². The van der Waals surface area contributed by atoms with Gasteiger partial charge >= 0.3 is 0 Å². The van der Waals surface area contributed by atoms with Gasteiger partial charge in [-0.05, 0) is 31.9 Å². The molecule has 0 radical (unpaired) electrons. The second-order valence-electron chi connectivity index (χ2n) is 5.02. The van der Waals surface area contributed by atoms with Crippen molar-refractivity contribution in [2.45, 2.75) is 45.2 Å². The summed E-state index contributed by atoms with van der Waals surface area (Å²) in [6.07, 6.45) is 3.66. The summed E-state index contributed by atoms with van der Waals surface area (Å²) in [7, 11) is 2.03. The van der Waals surface area contributed by atoms with Gasteiger partial charge in [0.05, 0.1) is 0 Å². The van der Waals surface area contributed by atoms with Crippen LogP contribution in [-0.2, 0) is 13.0 Å². The molecule has 108 valence electrons. The van der Waals surface area contributed by atoms with Crippen LogP contribution in [0.2, 0.25) is 0 Å². The highest BCUT2D eigenvalue weighted by Gasteiger charge is 2.22. The Hall–Kier alpha value is -1.68. The van der Waals surface area contributed by atoms with Gasteiger partial charge in [0.25, 0.3) is 0 Å². The average Bonchev–Trinajstić information content (AvgIpc) is 2.95. The summed E-state index contributed by atoms with van der Waals surface area (Å²) in [5.41, 5.74) is 1.39. The number of hydrogen-bond acceptors (Lipinski definition) is 3. The van der Waals surface area contributed by atoms with Crippen molar-refractivity contribution in [1.29, 1.82) is 0 Å². The summed E-state index contributed by atoms with van der Waals surface area (Å²) in [5.74, 6) is 1.55. The lowest BCUT2D eigenvalue weighted by Gasteiger charge is -2.26. The van der Waals surface area contributed by atoms with Crippen molar-refractivity contribution in [1.82, 2.24) is 20.1 Å². The molecule has 0 spiro atoms. The maximum Gasteiger partial charge on any atom is 0.138 e. The number of nitrogens with zero attached hydrogens (tertiary/aromatic N) is 3. The van der Waals surface area contributed by atoms with E-state index < -0.39 is 0 Å². The molecule has 0 fully saturated rings. The molecule has 0 bridgehead atoms. The molecule has 2 rings (SSSR count). The fraction of sp³-hybridized carbons (Fsp3) is 0.500. The summed E-state index contributed by atoms with van der Waals surface area (Å²) >= 11 is 0. The highest BCUT2D eigenvalue weighted by molar-refractivity contribution is 5.21. The molecule has 1 heterocycles. The topological polar surface area (TPSA) is 42.7 Å². The molecule has 0 amide bonds. The molecule has 0 saturated heterocycles. The van der Waals surface area contributed by atoms with Gasteiger partial charge in [0.2, 0.25) is 0 Å². The van der Waals surface area contributed by atoms with Gasteiger partial charge in [0.15, 0.2) is 0 Å². The van der Waals surface area contributed by atoms with Crippen molar-refractivity contribution in [3.05, 3.63) is 48.0 Å². The largest absolute Gasteiger partial charge is 0.316 e. The Morgan fingerprint density at radius 3 is 2.55 bits per heavy atom. The third-order valence-electron chi connectivity index (χ3n) is 3.92. The van der Waals surface area contributed by atoms with Crippen LogP contribution in [0, 0.1) is 0 Å². The van der Waals surface area contributed by atoms with Crippen molar-refractivity contribution < 1.29 is 0 Å². The third kappa shape index (κ3) is 3.25. The van der Waals surface area contributed by atoms with Gasteiger partial charge in [-0.1, -0.05) is 37.3 Å². The first kappa shape index (κ1) is 14.7. The Morgan fingerprint density at radius 1 is 1.20 bits per heavy atom. The Kier molecular flexibility index (Phi) is 5.30. The van der Waals surface area contributed by atoms with Gasteiger partial charge in [0.1, 0.15) is 12.2 Å². The summed E-state index contributed by atoms with van der Waals surface area (Å²) in [4.78, 5) is 4.40. The van der Waals surface area contributed by atoms with Crippen molar-refractivity contribution in [3.8, 4) is 0 Å². The molecule has 20 heavy (non-hydrogen) atoms. The number of aromatic nitrogens is 3. The number of likely N-dealkylation sites (N-methyl/N-ethyl adjacent to an activating group) is 1. The zero-order valence-corrected chi connectivity index (χ0v) is 12.6. The molecule has 4 nitrogen and oxygen atoms in total. The van der Waals surface area contributed by atoms with Crippen LogP contribution >= 0.6 is 0 Å². The lowest BCUT2D eigenvalue weighted by atomic mass is 9.87. The number of hydrogen-bond donors (Lipinski definition) is 1. The van der Waals surface area contributed by atoms with E-state index >= 15 is 0 Å². The Morgan fingerprint density at radius 2 is 1.95 bits per heavy atom. The van der Waals surface area contributed by atoms with E-state index in [2.05, 4.69) is 59.6 Å². The van der Waals surface area contributed by atoms with E-state index in [9.17, 15) is 0 Å². The van der Waals surface area contributed by atoms with Crippen LogP contribution in [0.4, 0.5) is 0 Å². The predicted molar refractivity (Wildman–Crippen MR) is 81.7 cm³/mol. The van der Waals surface area contributed by atoms with Crippen LogP contribution < -0.4 is 5.32 Å². The number of benzene rings is 1. The molecule has 0 saturated carbocycles. The molecule has 0 aliphatic heterocycles. The second kappa shape index (κ2) is 7.20. The summed E-state index contributed by atoms with van der Waals surface area (Å²) in [5, 5.41) is 7.72. The Balaban J connectivity index is 2.18.